The van der Waals surface area contributed by atoms with E-state index in [9.17, 15) is 30.3 Å². The third-order valence-corrected chi connectivity index (χ3v) is 5.41. The summed E-state index contributed by atoms with van der Waals surface area (Å²) in [4.78, 5) is 12.3. The summed E-state index contributed by atoms with van der Waals surface area (Å²) in [6, 6.07) is 6.13. The number of aromatic hydroxyl groups is 2. The largest absolute Gasteiger partial charge is 0.508 e. The summed E-state index contributed by atoms with van der Waals surface area (Å²) in [5, 5.41) is 54.0. The Balaban J connectivity index is 2.13. The van der Waals surface area contributed by atoms with Gasteiger partial charge in [-0.25, -0.2) is 0 Å². The molecule has 0 amide bonds. The summed E-state index contributed by atoms with van der Waals surface area (Å²) in [5.74, 6) is -0.694. The second kappa shape index (κ2) is 4.82. The van der Waals surface area contributed by atoms with Gasteiger partial charge < -0.3 is 25.5 Å². The molecular formula is C20H14O6. The molecule has 5 N–H and O–H groups in total. The molecule has 0 unspecified atom stereocenters. The molecule has 0 radical (unpaired) electrons. The molecule has 0 bridgehead atoms. The minimum atomic E-state index is -1.53. The van der Waals surface area contributed by atoms with Crippen LogP contribution in [-0.2, 0) is 0 Å². The highest BCUT2D eigenvalue weighted by molar-refractivity contribution is 6.27. The fraction of sp³-hybridized carbons (Fsp3) is 0.150. The van der Waals surface area contributed by atoms with Gasteiger partial charge >= 0.3 is 0 Å². The van der Waals surface area contributed by atoms with Crippen LogP contribution in [0.4, 0.5) is 0 Å². The van der Waals surface area contributed by atoms with Gasteiger partial charge in [0.25, 0.3) is 0 Å². The van der Waals surface area contributed by atoms with E-state index in [1.54, 1.807) is 12.1 Å². The highest BCUT2D eigenvalue weighted by Gasteiger charge is 2.39. The van der Waals surface area contributed by atoms with E-state index in [0.29, 0.717) is 32.7 Å². The zero-order valence-corrected chi connectivity index (χ0v) is 13.3. The summed E-state index contributed by atoms with van der Waals surface area (Å²) in [6.45, 7) is 0. The second-order valence-electron chi connectivity index (χ2n) is 6.71. The number of carbonyl (C=O) groups excluding carboxylic acids is 1. The number of rotatable bonds is 0. The number of ketones is 1. The molecule has 3 aromatic carbocycles. The molecule has 5 rings (SSSR count). The van der Waals surface area contributed by atoms with Crippen LogP contribution in [0.3, 0.4) is 0 Å². The zero-order valence-electron chi connectivity index (χ0n) is 13.3. The molecule has 130 valence electrons. The van der Waals surface area contributed by atoms with Crippen LogP contribution in [0.1, 0.15) is 39.3 Å². The molecule has 6 heteroatoms. The minimum absolute atomic E-state index is 0.139. The minimum Gasteiger partial charge on any atom is -0.508 e. The van der Waals surface area contributed by atoms with Gasteiger partial charge in [0.1, 0.15) is 29.8 Å². The van der Waals surface area contributed by atoms with E-state index < -0.39 is 18.3 Å². The summed E-state index contributed by atoms with van der Waals surface area (Å²) in [7, 11) is 0. The van der Waals surface area contributed by atoms with Gasteiger partial charge in [0.05, 0.1) is 5.56 Å². The van der Waals surface area contributed by atoms with Gasteiger partial charge in [0.2, 0.25) is 0 Å². The maximum atomic E-state index is 12.3. The number of carbonyl (C=O) groups is 1. The third-order valence-electron chi connectivity index (χ3n) is 5.41. The molecule has 6 nitrogen and oxygen atoms in total. The van der Waals surface area contributed by atoms with E-state index in [-0.39, 0.29) is 28.4 Å². The van der Waals surface area contributed by atoms with Crippen molar-refractivity contribution < 1.29 is 30.3 Å². The topological polar surface area (TPSA) is 118 Å². The predicted octanol–water partition coefficient (Wildman–Crippen LogP) is 2.06. The quantitative estimate of drug-likeness (QED) is 0.396. The van der Waals surface area contributed by atoms with Crippen molar-refractivity contribution in [1.82, 2.24) is 0 Å². The third kappa shape index (κ3) is 1.63. The normalized spacial score (nSPS) is 23.8. The van der Waals surface area contributed by atoms with Crippen LogP contribution in [0.25, 0.3) is 27.6 Å². The smallest absolute Gasteiger partial charge is 0.190 e. The number of hydrogen-bond acceptors (Lipinski definition) is 6. The Morgan fingerprint density at radius 1 is 0.731 bits per heavy atom. The van der Waals surface area contributed by atoms with Gasteiger partial charge in [-0.05, 0) is 45.5 Å². The average Bonchev–Trinajstić information content (AvgIpc) is 2.62. The number of benzene rings is 3. The van der Waals surface area contributed by atoms with Crippen LogP contribution in [0.2, 0.25) is 0 Å². The van der Waals surface area contributed by atoms with E-state index in [0.717, 1.165) is 0 Å². The maximum absolute atomic E-state index is 12.3. The molecule has 0 saturated heterocycles. The van der Waals surface area contributed by atoms with Crippen LogP contribution in [-0.4, -0.2) is 37.4 Å². The molecule has 0 aliphatic heterocycles. The van der Waals surface area contributed by atoms with E-state index in [2.05, 4.69) is 0 Å². The zero-order chi connectivity index (χ0) is 18.3. The fourth-order valence-electron chi connectivity index (χ4n) is 4.27. The lowest BCUT2D eigenvalue weighted by Gasteiger charge is -2.34. The van der Waals surface area contributed by atoms with Crippen LogP contribution < -0.4 is 0 Å². The van der Waals surface area contributed by atoms with Crippen LogP contribution in [0.15, 0.2) is 30.3 Å². The monoisotopic (exact) mass is 350 g/mol. The van der Waals surface area contributed by atoms with Gasteiger partial charge in [-0.1, -0.05) is 18.2 Å². The van der Waals surface area contributed by atoms with Gasteiger partial charge in [-0.3, -0.25) is 4.79 Å². The van der Waals surface area contributed by atoms with Crippen molar-refractivity contribution in [1.29, 1.82) is 0 Å². The SMILES string of the molecule is O=C1C=Cc2c3c4c(c(O)ccc4c4ccc(O)c1c24)[C@@H](O)[C@H](O)[C@@H]3O. The van der Waals surface area contributed by atoms with Crippen molar-refractivity contribution in [2.75, 3.05) is 0 Å². The van der Waals surface area contributed by atoms with E-state index >= 15 is 0 Å². The van der Waals surface area contributed by atoms with E-state index in [4.69, 9.17) is 0 Å². The van der Waals surface area contributed by atoms with Crippen molar-refractivity contribution in [2.24, 2.45) is 0 Å². The number of phenols is 2. The maximum Gasteiger partial charge on any atom is 0.190 e. The summed E-state index contributed by atoms with van der Waals surface area (Å²) in [6.07, 6.45) is -1.55. The highest BCUT2D eigenvalue weighted by atomic mass is 16.4. The fourth-order valence-corrected chi connectivity index (χ4v) is 4.27. The van der Waals surface area contributed by atoms with Gasteiger partial charge in [-0.2, -0.15) is 0 Å². The van der Waals surface area contributed by atoms with E-state index in [1.165, 1.54) is 24.3 Å². The molecule has 0 saturated carbocycles. The molecule has 0 aromatic heterocycles. The number of fused-ring (bicyclic) bond motifs is 2. The molecule has 0 heterocycles. The first-order chi connectivity index (χ1) is 12.4. The second-order valence-corrected chi connectivity index (χ2v) is 6.71. The Morgan fingerprint density at radius 3 is 2.08 bits per heavy atom. The van der Waals surface area contributed by atoms with Crippen molar-refractivity contribution >= 4 is 33.4 Å². The van der Waals surface area contributed by atoms with Gasteiger partial charge in [0.15, 0.2) is 5.78 Å². The Bertz CT molecular complexity index is 1180. The van der Waals surface area contributed by atoms with Gasteiger partial charge in [-0.15, -0.1) is 0 Å². The number of phenolic OH excluding ortho intramolecular Hbond substituents is 2. The molecule has 2 aliphatic rings. The lowest BCUT2D eigenvalue weighted by Crippen LogP contribution is -2.31. The Hall–Kier alpha value is -2.93. The van der Waals surface area contributed by atoms with Gasteiger partial charge in [0, 0.05) is 10.9 Å². The summed E-state index contributed by atoms with van der Waals surface area (Å²) >= 11 is 0. The molecule has 0 fully saturated rings. The van der Waals surface area contributed by atoms with Crippen molar-refractivity contribution in [3.05, 3.63) is 52.6 Å². The lowest BCUT2D eigenvalue weighted by molar-refractivity contribution is -0.0656. The molecule has 0 spiro atoms. The van der Waals surface area contributed by atoms with Crippen LogP contribution in [0.5, 0.6) is 11.5 Å². The number of aliphatic hydroxyl groups excluding tert-OH is 3. The molecule has 2 aliphatic carbocycles. The molecule has 26 heavy (non-hydrogen) atoms. The summed E-state index contributed by atoms with van der Waals surface area (Å²) in [5.41, 5.74) is 1.10. The van der Waals surface area contributed by atoms with Crippen molar-refractivity contribution in [3.63, 3.8) is 0 Å². The molecular weight excluding hydrogens is 336 g/mol. The Labute approximate surface area is 146 Å². The van der Waals surface area contributed by atoms with Crippen molar-refractivity contribution in [3.8, 4) is 11.5 Å². The Kier molecular flexibility index (Phi) is 2.84. The summed E-state index contributed by atoms with van der Waals surface area (Å²) < 4.78 is 0. The molecule has 3 aromatic rings. The number of hydrogen-bond donors (Lipinski definition) is 5. The lowest BCUT2D eigenvalue weighted by atomic mass is 9.76. The van der Waals surface area contributed by atoms with E-state index in [1.807, 2.05) is 0 Å². The first kappa shape index (κ1) is 15.3. The van der Waals surface area contributed by atoms with Crippen LogP contribution in [0, 0.1) is 0 Å². The molecule has 3 atom stereocenters. The first-order valence-electron chi connectivity index (χ1n) is 8.15. The number of aliphatic hydroxyl groups is 3. The first-order valence-corrected chi connectivity index (χ1v) is 8.15. The average molecular weight is 350 g/mol. The highest BCUT2D eigenvalue weighted by Crippen LogP contribution is 2.51. The Morgan fingerprint density at radius 2 is 1.35 bits per heavy atom. The standard InChI is InChI=1S/C20H14O6/c21-10-4-1-7-8-2-5-12(23)17-14(8)15(18(24)20(26)19(17)25)9-3-6-11(22)16(10)13(7)9/h1-6,18-21,23-26H/t18-,19-,20-/m1/s1. The van der Waals surface area contributed by atoms with Crippen LogP contribution >= 0.6 is 0 Å². The van der Waals surface area contributed by atoms with Crippen molar-refractivity contribution in [2.45, 2.75) is 18.3 Å². The number of allylic oxidation sites excluding steroid dienone is 1. The predicted molar refractivity (Wildman–Crippen MR) is 94.1 cm³/mol.